The largest absolute Gasteiger partial charge is 0.479 e. The maximum Gasteiger partial charge on any atom is 0.287 e. The Morgan fingerprint density at radius 2 is 2.00 bits per heavy atom. The van der Waals surface area contributed by atoms with Gasteiger partial charge in [0.05, 0.1) is 10.7 Å². The van der Waals surface area contributed by atoms with Gasteiger partial charge in [0, 0.05) is 10.7 Å². The molecule has 0 spiro atoms. The molecule has 0 amide bonds. The third-order valence-electron chi connectivity index (χ3n) is 2.76. The van der Waals surface area contributed by atoms with E-state index in [1.165, 1.54) is 4.68 Å². The van der Waals surface area contributed by atoms with Crippen molar-refractivity contribution < 1.29 is 9.53 Å². The first-order valence-corrected chi connectivity index (χ1v) is 6.83. The molecule has 1 aromatic carbocycles. The molecule has 0 radical (unpaired) electrons. The van der Waals surface area contributed by atoms with E-state index in [4.69, 9.17) is 27.9 Å². The maximum atomic E-state index is 12.3. The summed E-state index contributed by atoms with van der Waals surface area (Å²) in [5.41, 5.74) is 1.55. The summed E-state index contributed by atoms with van der Waals surface area (Å²) in [6.45, 7) is 5.31. The Labute approximate surface area is 127 Å². The molecule has 0 fully saturated rings. The Morgan fingerprint density at radius 1 is 1.30 bits per heavy atom. The summed E-state index contributed by atoms with van der Waals surface area (Å²) in [7, 11) is 0. The van der Waals surface area contributed by atoms with Crippen LogP contribution in [0, 0.1) is 13.8 Å². The Morgan fingerprint density at radius 3 is 2.55 bits per heavy atom. The van der Waals surface area contributed by atoms with Crippen molar-refractivity contribution in [3.63, 3.8) is 0 Å². The van der Waals surface area contributed by atoms with E-state index in [0.717, 1.165) is 11.4 Å². The lowest BCUT2D eigenvalue weighted by Gasteiger charge is -2.15. The highest BCUT2D eigenvalue weighted by molar-refractivity contribution is 6.35. The predicted octanol–water partition coefficient (Wildman–Crippen LogP) is 3.91. The molecule has 1 heterocycles. The molecule has 0 bridgehead atoms. The molecule has 0 saturated heterocycles. The molecular formula is C14H14Cl2N2O2. The van der Waals surface area contributed by atoms with Crippen LogP contribution in [0.5, 0.6) is 5.75 Å². The second kappa shape index (κ2) is 5.85. The molecule has 0 aliphatic heterocycles. The van der Waals surface area contributed by atoms with E-state index in [1.807, 2.05) is 19.9 Å². The normalized spacial score (nSPS) is 12.2. The monoisotopic (exact) mass is 312 g/mol. The van der Waals surface area contributed by atoms with E-state index >= 15 is 0 Å². The number of aryl methyl sites for hydroxylation is 2. The van der Waals surface area contributed by atoms with Crippen LogP contribution < -0.4 is 4.74 Å². The Hall–Kier alpha value is -1.52. The lowest BCUT2D eigenvalue weighted by molar-refractivity contribution is 0.0707. The average Bonchev–Trinajstić information content (AvgIpc) is 2.71. The molecular weight excluding hydrogens is 299 g/mol. The van der Waals surface area contributed by atoms with Crippen molar-refractivity contribution in [3.05, 3.63) is 45.7 Å². The average molecular weight is 313 g/mol. The lowest BCUT2D eigenvalue weighted by Crippen LogP contribution is -2.30. The summed E-state index contributed by atoms with van der Waals surface area (Å²) in [6.07, 6.45) is -0.702. The fourth-order valence-electron chi connectivity index (χ4n) is 1.84. The van der Waals surface area contributed by atoms with Gasteiger partial charge in [0.1, 0.15) is 5.75 Å². The third-order valence-corrected chi connectivity index (χ3v) is 3.29. The highest BCUT2D eigenvalue weighted by Gasteiger charge is 2.20. The molecule has 0 unspecified atom stereocenters. The quantitative estimate of drug-likeness (QED) is 0.863. The number of ether oxygens (including phenoxy) is 1. The topological polar surface area (TPSA) is 44.1 Å². The van der Waals surface area contributed by atoms with Crippen molar-refractivity contribution >= 4 is 29.1 Å². The first-order valence-electron chi connectivity index (χ1n) is 6.07. The van der Waals surface area contributed by atoms with Crippen LogP contribution in [-0.4, -0.2) is 21.8 Å². The fourth-order valence-corrected chi connectivity index (χ4v) is 2.29. The van der Waals surface area contributed by atoms with Crippen LogP contribution in [-0.2, 0) is 0 Å². The van der Waals surface area contributed by atoms with Gasteiger partial charge in [0.2, 0.25) is 0 Å². The van der Waals surface area contributed by atoms with E-state index in [0.29, 0.717) is 15.8 Å². The van der Waals surface area contributed by atoms with Gasteiger partial charge in [-0.15, -0.1) is 0 Å². The number of rotatable bonds is 3. The van der Waals surface area contributed by atoms with Gasteiger partial charge in [-0.05, 0) is 45.0 Å². The SMILES string of the molecule is Cc1cc(C)n(C(=O)[C@H](C)Oc2ccc(Cl)cc2Cl)n1. The molecule has 20 heavy (non-hydrogen) atoms. The standard InChI is InChI=1S/C14H14Cl2N2O2/c1-8-6-9(2)18(17-8)14(19)10(3)20-13-5-4-11(15)7-12(13)16/h4-7,10H,1-3H3/t10-/m0/s1. The minimum absolute atomic E-state index is 0.249. The van der Waals surface area contributed by atoms with Crippen LogP contribution in [0.3, 0.4) is 0 Å². The van der Waals surface area contributed by atoms with Crippen molar-refractivity contribution in [2.45, 2.75) is 26.9 Å². The zero-order valence-electron chi connectivity index (χ0n) is 11.4. The highest BCUT2D eigenvalue weighted by atomic mass is 35.5. The van der Waals surface area contributed by atoms with Crippen molar-refractivity contribution in [1.82, 2.24) is 9.78 Å². The van der Waals surface area contributed by atoms with Crippen molar-refractivity contribution in [2.75, 3.05) is 0 Å². The fraction of sp³-hybridized carbons (Fsp3) is 0.286. The van der Waals surface area contributed by atoms with E-state index in [-0.39, 0.29) is 5.91 Å². The second-order valence-corrected chi connectivity index (χ2v) is 5.36. The number of halogens is 2. The minimum atomic E-state index is -0.702. The predicted molar refractivity (Wildman–Crippen MR) is 78.9 cm³/mol. The molecule has 0 saturated carbocycles. The summed E-state index contributed by atoms with van der Waals surface area (Å²) in [5, 5.41) is 5.02. The Bertz CT molecular complexity index is 653. The summed E-state index contributed by atoms with van der Waals surface area (Å²) < 4.78 is 6.92. The van der Waals surface area contributed by atoms with Gasteiger partial charge >= 0.3 is 0 Å². The number of hydrogen-bond donors (Lipinski definition) is 0. The number of carbonyl (C=O) groups excluding carboxylic acids is 1. The zero-order chi connectivity index (χ0) is 14.9. The highest BCUT2D eigenvalue weighted by Crippen LogP contribution is 2.28. The van der Waals surface area contributed by atoms with Crippen molar-refractivity contribution in [3.8, 4) is 5.75 Å². The molecule has 1 atom stereocenters. The first kappa shape index (κ1) is 14.9. The van der Waals surface area contributed by atoms with Gasteiger partial charge in [-0.2, -0.15) is 5.10 Å². The molecule has 0 N–H and O–H groups in total. The first-order chi connectivity index (χ1) is 9.38. The summed E-state index contributed by atoms with van der Waals surface area (Å²) in [4.78, 5) is 12.3. The molecule has 106 valence electrons. The van der Waals surface area contributed by atoms with Gasteiger partial charge in [-0.3, -0.25) is 4.79 Å². The maximum absolute atomic E-state index is 12.3. The van der Waals surface area contributed by atoms with Crippen LogP contribution in [0.15, 0.2) is 24.3 Å². The van der Waals surface area contributed by atoms with Gasteiger partial charge in [-0.25, -0.2) is 4.68 Å². The molecule has 0 aliphatic rings. The van der Waals surface area contributed by atoms with E-state index < -0.39 is 6.10 Å². The Kier molecular flexibility index (Phi) is 4.35. The van der Waals surface area contributed by atoms with Gasteiger partial charge < -0.3 is 4.74 Å². The van der Waals surface area contributed by atoms with Crippen LogP contribution in [0.2, 0.25) is 10.0 Å². The summed E-state index contributed by atoms with van der Waals surface area (Å²) in [6, 6.07) is 6.69. The summed E-state index contributed by atoms with van der Waals surface area (Å²) >= 11 is 11.8. The van der Waals surface area contributed by atoms with Crippen LogP contribution >= 0.6 is 23.2 Å². The minimum Gasteiger partial charge on any atom is -0.479 e. The number of carbonyl (C=O) groups is 1. The number of benzene rings is 1. The summed E-state index contributed by atoms with van der Waals surface area (Å²) in [5.74, 6) is 0.167. The molecule has 2 rings (SSSR count). The van der Waals surface area contributed by atoms with Gasteiger partial charge in [0.25, 0.3) is 5.91 Å². The molecule has 1 aromatic heterocycles. The second-order valence-electron chi connectivity index (χ2n) is 4.51. The molecule has 2 aromatic rings. The van der Waals surface area contributed by atoms with Crippen molar-refractivity contribution in [2.24, 2.45) is 0 Å². The number of aromatic nitrogens is 2. The van der Waals surface area contributed by atoms with E-state index in [2.05, 4.69) is 5.10 Å². The van der Waals surface area contributed by atoms with Gasteiger partial charge in [0.15, 0.2) is 6.10 Å². The van der Waals surface area contributed by atoms with Crippen LogP contribution in [0.4, 0.5) is 0 Å². The smallest absolute Gasteiger partial charge is 0.287 e. The van der Waals surface area contributed by atoms with Crippen molar-refractivity contribution in [1.29, 1.82) is 0 Å². The lowest BCUT2D eigenvalue weighted by atomic mass is 10.3. The zero-order valence-corrected chi connectivity index (χ0v) is 12.9. The Balaban J connectivity index is 2.17. The molecule has 0 aliphatic carbocycles. The molecule has 4 nitrogen and oxygen atoms in total. The number of hydrogen-bond acceptors (Lipinski definition) is 3. The van der Waals surface area contributed by atoms with E-state index in [1.54, 1.807) is 25.1 Å². The third kappa shape index (κ3) is 3.14. The molecule has 6 heteroatoms. The van der Waals surface area contributed by atoms with Crippen LogP contribution in [0.1, 0.15) is 23.1 Å². The van der Waals surface area contributed by atoms with E-state index in [9.17, 15) is 4.79 Å². The van der Waals surface area contributed by atoms with Gasteiger partial charge in [-0.1, -0.05) is 23.2 Å². The number of nitrogens with zero attached hydrogens (tertiary/aromatic N) is 2. The van der Waals surface area contributed by atoms with Crippen LogP contribution in [0.25, 0.3) is 0 Å².